The summed E-state index contributed by atoms with van der Waals surface area (Å²) in [5, 5.41) is 9.87. The van der Waals surface area contributed by atoms with E-state index in [2.05, 4.69) is 149 Å². The molecular weight excluding hydrogens is 460 g/mol. The molecule has 2 nitrogen and oxygen atoms in total. The molecule has 0 fully saturated rings. The second kappa shape index (κ2) is 8.22. The Kier molecular flexibility index (Phi) is 4.55. The summed E-state index contributed by atoms with van der Waals surface area (Å²) >= 11 is 0. The molecule has 6 aromatic carbocycles. The number of rotatable bonds is 1. The fourth-order valence-corrected chi connectivity index (χ4v) is 6.08. The van der Waals surface area contributed by atoms with Crippen LogP contribution >= 0.6 is 0 Å². The number of fused-ring (bicyclic) bond motifs is 10. The average Bonchev–Trinajstić information content (AvgIpc) is 3.34. The largest absolute Gasteiger partial charge is 0.355 e. The number of hydrogen-bond donors (Lipinski definition) is 1. The van der Waals surface area contributed by atoms with Gasteiger partial charge in [0, 0.05) is 38.3 Å². The molecule has 0 unspecified atom stereocenters. The summed E-state index contributed by atoms with van der Waals surface area (Å²) in [7, 11) is 0. The van der Waals surface area contributed by atoms with E-state index >= 15 is 0 Å². The number of aromatic nitrogens is 2. The van der Waals surface area contributed by atoms with Crippen molar-refractivity contribution in [3.8, 4) is 5.69 Å². The Labute approximate surface area is 219 Å². The van der Waals surface area contributed by atoms with Gasteiger partial charge in [-0.3, -0.25) is 0 Å². The number of nitrogens with zero attached hydrogens (tertiary/aromatic N) is 1. The minimum Gasteiger partial charge on any atom is -0.355 e. The van der Waals surface area contributed by atoms with Crippen LogP contribution in [0.2, 0.25) is 0 Å². The lowest BCUT2D eigenvalue weighted by Gasteiger charge is -2.10. The van der Waals surface area contributed by atoms with Crippen LogP contribution in [0.15, 0.2) is 140 Å². The predicted molar refractivity (Wildman–Crippen MR) is 163 cm³/mol. The zero-order chi connectivity index (χ0) is 25.1. The molecule has 2 heterocycles. The third kappa shape index (κ3) is 3.07. The van der Waals surface area contributed by atoms with E-state index in [0.717, 1.165) is 16.7 Å². The third-order valence-corrected chi connectivity index (χ3v) is 7.76. The number of hydrogen-bond acceptors (Lipinski definition) is 0. The van der Waals surface area contributed by atoms with Gasteiger partial charge < -0.3 is 9.55 Å². The van der Waals surface area contributed by atoms with Crippen molar-refractivity contribution in [1.82, 2.24) is 9.55 Å². The van der Waals surface area contributed by atoms with Crippen molar-refractivity contribution in [3.63, 3.8) is 0 Å². The molecular formula is C36H24N2. The van der Waals surface area contributed by atoms with E-state index in [4.69, 9.17) is 0 Å². The summed E-state index contributed by atoms with van der Waals surface area (Å²) in [6, 6.07) is 50.3. The monoisotopic (exact) mass is 484 g/mol. The van der Waals surface area contributed by atoms with Gasteiger partial charge in [-0.05, 0) is 57.9 Å². The molecule has 2 aromatic heterocycles. The summed E-state index contributed by atoms with van der Waals surface area (Å²) in [5.41, 5.74) is 5.79. The normalized spacial score (nSPS) is 11.7. The van der Waals surface area contributed by atoms with Gasteiger partial charge in [0.2, 0.25) is 0 Å². The van der Waals surface area contributed by atoms with Gasteiger partial charge in [0.15, 0.2) is 0 Å². The minimum absolute atomic E-state index is 1.10. The number of aromatic amines is 1. The van der Waals surface area contributed by atoms with Crippen LogP contribution in [0.1, 0.15) is 0 Å². The van der Waals surface area contributed by atoms with Crippen LogP contribution in [0.25, 0.3) is 70.8 Å². The number of para-hydroxylation sites is 3. The van der Waals surface area contributed by atoms with Crippen LogP contribution in [-0.2, 0) is 0 Å². The van der Waals surface area contributed by atoms with Gasteiger partial charge in [-0.2, -0.15) is 0 Å². The molecule has 0 amide bonds. The Balaban J connectivity index is 1.60. The molecule has 8 rings (SSSR count). The highest BCUT2D eigenvalue weighted by molar-refractivity contribution is 6.19. The van der Waals surface area contributed by atoms with Gasteiger partial charge in [0.25, 0.3) is 0 Å². The summed E-state index contributed by atoms with van der Waals surface area (Å²) in [6.07, 6.45) is 0. The molecule has 0 aliphatic carbocycles. The summed E-state index contributed by atoms with van der Waals surface area (Å²) in [6.45, 7) is 0. The Morgan fingerprint density at radius 2 is 0.763 bits per heavy atom. The molecule has 0 atom stereocenters. The van der Waals surface area contributed by atoms with E-state index in [9.17, 15) is 0 Å². The Morgan fingerprint density at radius 3 is 1.37 bits per heavy atom. The van der Waals surface area contributed by atoms with E-state index in [1.54, 1.807) is 0 Å². The van der Waals surface area contributed by atoms with Crippen LogP contribution in [0, 0.1) is 0 Å². The molecule has 2 heteroatoms. The standard InChI is InChI=1S/C36H24N2/c1-3-13-27-25(11-1)26-12-2-4-14-28(26)32-23-24(21-22-34(32)37-33-18-8-5-15-29(27)33)38-35-19-9-6-16-30(35)31-17-7-10-20-36(31)38/h1-23,37H. The maximum Gasteiger partial charge on any atom is 0.0541 e. The molecule has 8 aromatic rings. The van der Waals surface area contributed by atoms with Crippen LogP contribution in [-0.4, -0.2) is 9.55 Å². The maximum absolute atomic E-state index is 3.80. The highest BCUT2D eigenvalue weighted by Crippen LogP contribution is 2.35. The first-order chi connectivity index (χ1) is 18.9. The average molecular weight is 485 g/mol. The van der Waals surface area contributed by atoms with Crippen molar-refractivity contribution in [2.75, 3.05) is 0 Å². The molecule has 0 aliphatic rings. The summed E-state index contributed by atoms with van der Waals surface area (Å²) < 4.78 is 2.39. The van der Waals surface area contributed by atoms with Crippen molar-refractivity contribution in [3.05, 3.63) is 140 Å². The Hall–Kier alpha value is -5.08. The summed E-state index contributed by atoms with van der Waals surface area (Å²) in [4.78, 5) is 3.80. The van der Waals surface area contributed by atoms with E-state index in [0.29, 0.717) is 0 Å². The van der Waals surface area contributed by atoms with Gasteiger partial charge in [0.05, 0.1) is 11.0 Å². The highest BCUT2D eigenvalue weighted by Gasteiger charge is 2.12. The Bertz CT molecular complexity index is 2190. The van der Waals surface area contributed by atoms with Crippen molar-refractivity contribution in [2.24, 2.45) is 0 Å². The molecule has 0 spiro atoms. The van der Waals surface area contributed by atoms with Crippen LogP contribution in [0.5, 0.6) is 0 Å². The number of benzene rings is 6. The smallest absolute Gasteiger partial charge is 0.0541 e. The lowest BCUT2D eigenvalue weighted by Crippen LogP contribution is -1.94. The van der Waals surface area contributed by atoms with Crippen molar-refractivity contribution in [1.29, 1.82) is 0 Å². The molecule has 0 bridgehead atoms. The molecule has 0 saturated carbocycles. The SMILES string of the molecule is c1ccc2c(c1)[nH]c1ccc(-n3c4ccccc4c4ccccc43)cc1c1ccccc1c1ccccc21. The first-order valence-electron chi connectivity index (χ1n) is 13.0. The molecule has 178 valence electrons. The van der Waals surface area contributed by atoms with Crippen molar-refractivity contribution >= 4 is 65.2 Å². The minimum atomic E-state index is 1.10. The molecule has 0 aliphatic heterocycles. The van der Waals surface area contributed by atoms with E-state index in [1.807, 2.05) is 0 Å². The second-order valence-electron chi connectivity index (χ2n) is 9.86. The topological polar surface area (TPSA) is 20.7 Å². The number of H-pyrrole nitrogens is 1. The van der Waals surface area contributed by atoms with Crippen LogP contribution in [0.4, 0.5) is 0 Å². The highest BCUT2D eigenvalue weighted by atomic mass is 15.0. The molecule has 1 N–H and O–H groups in total. The third-order valence-electron chi connectivity index (χ3n) is 7.76. The van der Waals surface area contributed by atoms with Crippen LogP contribution < -0.4 is 0 Å². The molecule has 0 radical (unpaired) electrons. The van der Waals surface area contributed by atoms with Crippen molar-refractivity contribution < 1.29 is 0 Å². The van der Waals surface area contributed by atoms with Gasteiger partial charge in [-0.25, -0.2) is 0 Å². The molecule has 38 heavy (non-hydrogen) atoms. The van der Waals surface area contributed by atoms with Gasteiger partial charge in [-0.1, -0.05) is 103 Å². The zero-order valence-electron chi connectivity index (χ0n) is 20.7. The summed E-state index contributed by atoms with van der Waals surface area (Å²) in [5.74, 6) is 0. The lowest BCUT2D eigenvalue weighted by molar-refractivity contribution is 1.19. The fraction of sp³-hybridized carbons (Fsp3) is 0. The predicted octanol–water partition coefficient (Wildman–Crippen LogP) is 9.85. The zero-order valence-corrected chi connectivity index (χ0v) is 20.7. The number of nitrogens with one attached hydrogen (secondary N) is 1. The van der Waals surface area contributed by atoms with Crippen LogP contribution in [0.3, 0.4) is 0 Å². The van der Waals surface area contributed by atoms with Gasteiger partial charge in [0.1, 0.15) is 0 Å². The van der Waals surface area contributed by atoms with Gasteiger partial charge >= 0.3 is 0 Å². The first kappa shape index (κ1) is 21.0. The first-order valence-corrected chi connectivity index (χ1v) is 13.0. The van der Waals surface area contributed by atoms with Gasteiger partial charge in [-0.15, -0.1) is 0 Å². The van der Waals surface area contributed by atoms with E-state index in [1.165, 1.54) is 54.1 Å². The maximum atomic E-state index is 3.80. The van der Waals surface area contributed by atoms with Crippen molar-refractivity contribution in [2.45, 2.75) is 0 Å². The Morgan fingerprint density at radius 1 is 0.342 bits per heavy atom. The second-order valence-corrected chi connectivity index (χ2v) is 9.86. The van der Waals surface area contributed by atoms with E-state index < -0.39 is 0 Å². The quantitative estimate of drug-likeness (QED) is 0.239. The lowest BCUT2D eigenvalue weighted by atomic mass is 10.0. The fourth-order valence-electron chi connectivity index (χ4n) is 6.08. The molecule has 0 saturated heterocycles. The van der Waals surface area contributed by atoms with E-state index in [-0.39, 0.29) is 0 Å².